The molecule has 0 saturated carbocycles. The van der Waals surface area contributed by atoms with Crippen LogP contribution < -0.4 is 10.1 Å². The molecule has 0 aliphatic heterocycles. The lowest BCUT2D eigenvalue weighted by molar-refractivity contribution is -0.385. The first-order valence-electron chi connectivity index (χ1n) is 6.53. The second-order valence-electron chi connectivity index (χ2n) is 4.32. The molecule has 0 amide bonds. The van der Waals surface area contributed by atoms with Crippen LogP contribution in [0.1, 0.15) is 12.5 Å². The van der Waals surface area contributed by atoms with E-state index in [2.05, 4.69) is 5.32 Å². The smallest absolute Gasteiger partial charge is 0.311 e. The number of benzene rings is 2. The second kappa shape index (κ2) is 6.81. The summed E-state index contributed by atoms with van der Waals surface area (Å²) in [6, 6.07) is 10.4. The van der Waals surface area contributed by atoms with Crippen LogP contribution in [-0.4, -0.2) is 11.5 Å². The summed E-state index contributed by atoms with van der Waals surface area (Å²) in [6.07, 6.45) is 0. The lowest BCUT2D eigenvalue weighted by Gasteiger charge is -2.12. The van der Waals surface area contributed by atoms with Crippen molar-refractivity contribution in [1.82, 2.24) is 5.32 Å². The highest BCUT2D eigenvalue weighted by Gasteiger charge is 2.17. The van der Waals surface area contributed by atoms with Gasteiger partial charge in [-0.2, -0.15) is 0 Å². The Morgan fingerprint density at radius 2 is 1.90 bits per heavy atom. The van der Waals surface area contributed by atoms with E-state index >= 15 is 0 Å². The molecule has 0 aliphatic rings. The molecule has 0 aliphatic carbocycles. The van der Waals surface area contributed by atoms with Gasteiger partial charge in [-0.1, -0.05) is 25.1 Å². The molecule has 0 saturated heterocycles. The summed E-state index contributed by atoms with van der Waals surface area (Å²) >= 11 is 0. The third kappa shape index (κ3) is 3.55. The van der Waals surface area contributed by atoms with E-state index in [4.69, 9.17) is 4.74 Å². The molecule has 6 heteroatoms. The number of para-hydroxylation sites is 2. The van der Waals surface area contributed by atoms with Gasteiger partial charge in [0.1, 0.15) is 11.6 Å². The fourth-order valence-electron chi connectivity index (χ4n) is 1.87. The molecule has 2 aromatic carbocycles. The van der Waals surface area contributed by atoms with Gasteiger partial charge in [0.15, 0.2) is 0 Å². The van der Waals surface area contributed by atoms with Gasteiger partial charge in [-0.25, -0.2) is 4.39 Å². The van der Waals surface area contributed by atoms with Crippen molar-refractivity contribution >= 4 is 5.69 Å². The zero-order chi connectivity index (χ0) is 15.2. The summed E-state index contributed by atoms with van der Waals surface area (Å²) in [7, 11) is 0. The Morgan fingerprint density at radius 3 is 2.62 bits per heavy atom. The molecular weight excluding hydrogens is 275 g/mol. The Hall–Kier alpha value is -2.47. The minimum atomic E-state index is -0.529. The molecule has 110 valence electrons. The van der Waals surface area contributed by atoms with Gasteiger partial charge in [0.05, 0.1) is 4.92 Å². The fraction of sp³-hybridized carbons (Fsp3) is 0.200. The average Bonchev–Trinajstić information content (AvgIpc) is 2.47. The van der Waals surface area contributed by atoms with Gasteiger partial charge in [0.2, 0.25) is 5.75 Å². The van der Waals surface area contributed by atoms with E-state index in [1.54, 1.807) is 18.2 Å². The molecule has 2 aromatic rings. The Bertz CT molecular complexity index is 647. The van der Waals surface area contributed by atoms with Crippen LogP contribution in [0.5, 0.6) is 11.5 Å². The number of nitrogens with zero attached hydrogens (tertiary/aromatic N) is 1. The minimum absolute atomic E-state index is 0.0887. The first-order valence-corrected chi connectivity index (χ1v) is 6.53. The van der Waals surface area contributed by atoms with Gasteiger partial charge in [-0.15, -0.1) is 0 Å². The molecule has 0 spiro atoms. The van der Waals surface area contributed by atoms with Gasteiger partial charge in [0, 0.05) is 18.2 Å². The summed E-state index contributed by atoms with van der Waals surface area (Å²) in [5, 5.41) is 14.0. The summed E-state index contributed by atoms with van der Waals surface area (Å²) < 4.78 is 19.4. The molecule has 21 heavy (non-hydrogen) atoms. The van der Waals surface area contributed by atoms with Gasteiger partial charge in [0.25, 0.3) is 0 Å². The number of ether oxygens (including phenoxy) is 1. The fourth-order valence-corrected chi connectivity index (χ4v) is 1.87. The summed E-state index contributed by atoms with van der Waals surface area (Å²) in [5.74, 6) is -0.0527. The Morgan fingerprint density at radius 1 is 1.19 bits per heavy atom. The summed E-state index contributed by atoms with van der Waals surface area (Å²) in [4.78, 5) is 10.4. The van der Waals surface area contributed by atoms with Crippen molar-refractivity contribution in [2.24, 2.45) is 0 Å². The third-order valence-corrected chi connectivity index (χ3v) is 2.91. The van der Waals surface area contributed by atoms with Crippen molar-refractivity contribution in [3.63, 3.8) is 0 Å². The summed E-state index contributed by atoms with van der Waals surface area (Å²) in [5.41, 5.74) is 0.189. The van der Waals surface area contributed by atoms with Crippen molar-refractivity contribution in [2.45, 2.75) is 13.5 Å². The van der Waals surface area contributed by atoms with Crippen molar-refractivity contribution in [1.29, 1.82) is 0 Å². The highest BCUT2D eigenvalue weighted by atomic mass is 19.1. The molecule has 0 unspecified atom stereocenters. The normalized spacial score (nSPS) is 10.4. The Labute approximate surface area is 121 Å². The topological polar surface area (TPSA) is 64.4 Å². The van der Waals surface area contributed by atoms with E-state index in [1.165, 1.54) is 24.3 Å². The van der Waals surface area contributed by atoms with E-state index in [0.29, 0.717) is 18.7 Å². The standard InChI is InChI=1S/C15H15FN2O3/c1-2-17-10-11-12(16)6-5-9-14(11)21-15-8-4-3-7-13(15)18(19)20/h3-9,17H,2,10H2,1H3. The molecular formula is C15H15FN2O3. The largest absolute Gasteiger partial charge is 0.450 e. The molecule has 0 aromatic heterocycles. The average molecular weight is 290 g/mol. The van der Waals surface area contributed by atoms with E-state index in [9.17, 15) is 14.5 Å². The predicted octanol–water partition coefficient (Wildman–Crippen LogP) is 3.64. The lowest BCUT2D eigenvalue weighted by Crippen LogP contribution is -2.13. The van der Waals surface area contributed by atoms with E-state index < -0.39 is 10.7 Å². The van der Waals surface area contributed by atoms with E-state index in [0.717, 1.165) is 0 Å². The summed E-state index contributed by atoms with van der Waals surface area (Å²) in [6.45, 7) is 2.88. The third-order valence-electron chi connectivity index (χ3n) is 2.91. The van der Waals surface area contributed by atoms with Crippen LogP contribution >= 0.6 is 0 Å². The number of halogens is 1. The number of hydrogen-bond acceptors (Lipinski definition) is 4. The molecule has 0 heterocycles. The number of rotatable bonds is 6. The van der Waals surface area contributed by atoms with Gasteiger partial charge in [-0.3, -0.25) is 10.1 Å². The SMILES string of the molecule is CCNCc1c(F)cccc1Oc1ccccc1[N+](=O)[O-]. The van der Waals surface area contributed by atoms with Crippen LogP contribution in [0.4, 0.5) is 10.1 Å². The van der Waals surface area contributed by atoms with Crippen LogP contribution in [0.25, 0.3) is 0 Å². The van der Waals surface area contributed by atoms with Crippen LogP contribution in [0.2, 0.25) is 0 Å². The van der Waals surface area contributed by atoms with Gasteiger partial charge < -0.3 is 10.1 Å². The number of nitro groups is 1. The number of hydrogen-bond donors (Lipinski definition) is 1. The molecule has 1 N–H and O–H groups in total. The van der Waals surface area contributed by atoms with Crippen molar-refractivity contribution in [2.75, 3.05) is 6.54 Å². The highest BCUT2D eigenvalue weighted by molar-refractivity contribution is 5.49. The van der Waals surface area contributed by atoms with Crippen molar-refractivity contribution < 1.29 is 14.1 Å². The van der Waals surface area contributed by atoms with Crippen LogP contribution in [0.3, 0.4) is 0 Å². The molecule has 5 nitrogen and oxygen atoms in total. The maximum absolute atomic E-state index is 13.9. The van der Waals surface area contributed by atoms with Crippen molar-refractivity contribution in [3.05, 3.63) is 64.0 Å². The minimum Gasteiger partial charge on any atom is -0.450 e. The number of nitro benzene ring substituents is 1. The Balaban J connectivity index is 2.36. The second-order valence-corrected chi connectivity index (χ2v) is 4.32. The first-order chi connectivity index (χ1) is 10.1. The quantitative estimate of drug-likeness (QED) is 0.651. The van der Waals surface area contributed by atoms with Crippen molar-refractivity contribution in [3.8, 4) is 11.5 Å². The van der Waals surface area contributed by atoms with Gasteiger partial charge in [-0.05, 0) is 24.7 Å². The van der Waals surface area contributed by atoms with E-state index in [-0.39, 0.29) is 17.2 Å². The molecule has 0 radical (unpaired) electrons. The van der Waals surface area contributed by atoms with E-state index in [1.807, 2.05) is 6.92 Å². The monoisotopic (exact) mass is 290 g/mol. The maximum Gasteiger partial charge on any atom is 0.311 e. The first kappa shape index (κ1) is 14.9. The predicted molar refractivity (Wildman–Crippen MR) is 77.0 cm³/mol. The maximum atomic E-state index is 13.9. The molecule has 0 bridgehead atoms. The molecule has 0 atom stereocenters. The Kier molecular flexibility index (Phi) is 4.84. The molecule has 2 rings (SSSR count). The van der Waals surface area contributed by atoms with Crippen LogP contribution in [-0.2, 0) is 6.54 Å². The zero-order valence-corrected chi connectivity index (χ0v) is 11.5. The van der Waals surface area contributed by atoms with Gasteiger partial charge >= 0.3 is 5.69 Å². The van der Waals surface area contributed by atoms with Crippen LogP contribution in [0.15, 0.2) is 42.5 Å². The highest BCUT2D eigenvalue weighted by Crippen LogP contribution is 2.33. The zero-order valence-electron chi connectivity index (χ0n) is 11.5. The molecule has 0 fully saturated rings. The lowest BCUT2D eigenvalue weighted by atomic mass is 10.2. The van der Waals surface area contributed by atoms with Crippen LogP contribution in [0, 0.1) is 15.9 Å². The number of nitrogens with one attached hydrogen (secondary N) is 1.